The van der Waals surface area contributed by atoms with Gasteiger partial charge in [0, 0.05) is 24.7 Å². The largest absolute Gasteiger partial charge is 0.388 e. The summed E-state index contributed by atoms with van der Waals surface area (Å²) in [5.41, 5.74) is 11.3. The highest BCUT2D eigenvalue weighted by molar-refractivity contribution is 5.69. The van der Waals surface area contributed by atoms with Crippen molar-refractivity contribution in [3.05, 3.63) is 54.1 Å². The van der Waals surface area contributed by atoms with Gasteiger partial charge in [0.1, 0.15) is 0 Å². The number of hydrogen-bond donors (Lipinski definition) is 2. The van der Waals surface area contributed by atoms with Gasteiger partial charge in [-0.3, -0.25) is 0 Å². The molecule has 0 saturated heterocycles. The summed E-state index contributed by atoms with van der Waals surface area (Å²) in [4.78, 5) is 0. The molecule has 3 rings (SSSR count). The summed E-state index contributed by atoms with van der Waals surface area (Å²) in [6.45, 7) is 0.757. The predicted octanol–water partition coefficient (Wildman–Crippen LogP) is 3.78. The van der Waals surface area contributed by atoms with Gasteiger partial charge in [0.15, 0.2) is 0 Å². The Kier molecular flexibility index (Phi) is 3.49. The van der Waals surface area contributed by atoms with Gasteiger partial charge < -0.3 is 11.1 Å². The first-order valence-electron chi connectivity index (χ1n) is 7.36. The zero-order valence-corrected chi connectivity index (χ0v) is 12.0. The van der Waals surface area contributed by atoms with Crippen molar-refractivity contribution >= 4 is 5.69 Å². The molecular formula is C18H22N2. The van der Waals surface area contributed by atoms with Gasteiger partial charge in [0.25, 0.3) is 0 Å². The lowest BCUT2D eigenvalue weighted by atomic mass is 9.64. The molecular weight excluding hydrogens is 244 g/mol. The van der Waals surface area contributed by atoms with Crippen molar-refractivity contribution in [1.29, 1.82) is 0 Å². The summed E-state index contributed by atoms with van der Waals surface area (Å²) in [6, 6.07) is 17.4. The van der Waals surface area contributed by atoms with Gasteiger partial charge in [-0.15, -0.1) is 0 Å². The smallest absolute Gasteiger partial charge is 0.0343 e. The van der Waals surface area contributed by atoms with E-state index in [1.165, 1.54) is 36.0 Å². The van der Waals surface area contributed by atoms with Crippen molar-refractivity contribution < 1.29 is 0 Å². The molecule has 0 unspecified atom stereocenters. The van der Waals surface area contributed by atoms with Crippen molar-refractivity contribution in [2.75, 3.05) is 18.9 Å². The van der Waals surface area contributed by atoms with Crippen molar-refractivity contribution in [1.82, 2.24) is 0 Å². The molecule has 1 saturated carbocycles. The van der Waals surface area contributed by atoms with Crippen LogP contribution in [0.5, 0.6) is 0 Å². The van der Waals surface area contributed by atoms with Crippen LogP contribution in [-0.4, -0.2) is 13.6 Å². The second kappa shape index (κ2) is 5.29. The molecule has 0 amide bonds. The van der Waals surface area contributed by atoms with Crippen LogP contribution in [0.25, 0.3) is 11.1 Å². The number of benzene rings is 2. The normalized spacial score (nSPS) is 16.5. The van der Waals surface area contributed by atoms with E-state index in [2.05, 4.69) is 53.8 Å². The molecule has 2 nitrogen and oxygen atoms in total. The van der Waals surface area contributed by atoms with Crippen molar-refractivity contribution in [3.8, 4) is 11.1 Å². The van der Waals surface area contributed by atoms with Gasteiger partial charge in [-0.2, -0.15) is 0 Å². The first kappa shape index (κ1) is 13.2. The molecule has 0 atom stereocenters. The molecule has 104 valence electrons. The Morgan fingerprint density at radius 2 is 1.75 bits per heavy atom. The van der Waals surface area contributed by atoms with Crippen LogP contribution >= 0.6 is 0 Å². The summed E-state index contributed by atoms with van der Waals surface area (Å²) >= 11 is 0. The molecule has 3 N–H and O–H groups in total. The minimum Gasteiger partial charge on any atom is -0.388 e. The molecule has 2 aromatic carbocycles. The molecule has 2 aromatic rings. The van der Waals surface area contributed by atoms with Gasteiger partial charge in [-0.1, -0.05) is 42.8 Å². The van der Waals surface area contributed by atoms with Gasteiger partial charge >= 0.3 is 0 Å². The van der Waals surface area contributed by atoms with Crippen molar-refractivity contribution in [3.63, 3.8) is 0 Å². The number of rotatable bonds is 4. The van der Waals surface area contributed by atoms with Crippen LogP contribution in [0.3, 0.4) is 0 Å². The summed E-state index contributed by atoms with van der Waals surface area (Å²) in [5, 5.41) is 3.20. The Hall–Kier alpha value is -1.80. The molecule has 0 bridgehead atoms. The van der Waals surface area contributed by atoms with Gasteiger partial charge in [-0.25, -0.2) is 0 Å². The van der Waals surface area contributed by atoms with E-state index in [-0.39, 0.29) is 5.41 Å². The van der Waals surface area contributed by atoms with Crippen LogP contribution in [-0.2, 0) is 5.41 Å². The molecule has 20 heavy (non-hydrogen) atoms. The van der Waals surface area contributed by atoms with E-state index in [0.29, 0.717) is 0 Å². The fourth-order valence-electron chi connectivity index (χ4n) is 3.10. The summed E-state index contributed by atoms with van der Waals surface area (Å²) < 4.78 is 0. The van der Waals surface area contributed by atoms with Crippen LogP contribution in [0.2, 0.25) is 0 Å². The zero-order chi connectivity index (χ0) is 14.0. The maximum atomic E-state index is 6.03. The summed E-state index contributed by atoms with van der Waals surface area (Å²) in [6.07, 6.45) is 3.75. The highest BCUT2D eigenvalue weighted by atomic mass is 14.8. The Morgan fingerprint density at radius 3 is 2.35 bits per heavy atom. The standard InChI is InChI=1S/C18H22N2/c1-20-17-8-3-6-15(12-17)14-5-2-7-16(11-14)18(13-19)9-4-10-18/h2-3,5-8,11-12,20H,4,9-10,13,19H2,1H3. The van der Waals surface area contributed by atoms with E-state index in [0.717, 1.165) is 12.2 Å². The van der Waals surface area contributed by atoms with E-state index < -0.39 is 0 Å². The molecule has 1 fully saturated rings. The molecule has 1 aliphatic rings. The molecule has 0 aromatic heterocycles. The van der Waals surface area contributed by atoms with E-state index >= 15 is 0 Å². The molecule has 0 heterocycles. The second-order valence-electron chi connectivity index (χ2n) is 5.75. The predicted molar refractivity (Wildman–Crippen MR) is 86.0 cm³/mol. The van der Waals surface area contributed by atoms with E-state index in [1.807, 2.05) is 7.05 Å². The first-order chi connectivity index (χ1) is 9.77. The molecule has 0 aliphatic heterocycles. The minimum atomic E-state index is 0.233. The monoisotopic (exact) mass is 266 g/mol. The van der Waals surface area contributed by atoms with Crippen LogP contribution in [0.4, 0.5) is 5.69 Å². The second-order valence-corrected chi connectivity index (χ2v) is 5.75. The Labute approximate surface area is 121 Å². The van der Waals surface area contributed by atoms with Gasteiger partial charge in [-0.05, 0) is 41.7 Å². The number of anilines is 1. The van der Waals surface area contributed by atoms with Crippen molar-refractivity contribution in [2.45, 2.75) is 24.7 Å². The van der Waals surface area contributed by atoms with Gasteiger partial charge in [0.2, 0.25) is 0 Å². The molecule has 2 heteroatoms. The minimum absolute atomic E-state index is 0.233. The Bertz CT molecular complexity index is 594. The molecule has 1 aliphatic carbocycles. The maximum absolute atomic E-state index is 6.03. The highest BCUT2D eigenvalue weighted by Gasteiger charge is 2.37. The maximum Gasteiger partial charge on any atom is 0.0343 e. The number of hydrogen-bond acceptors (Lipinski definition) is 2. The summed E-state index contributed by atoms with van der Waals surface area (Å²) in [5.74, 6) is 0. The number of nitrogens with one attached hydrogen (secondary N) is 1. The fourth-order valence-corrected chi connectivity index (χ4v) is 3.10. The Balaban J connectivity index is 1.98. The lowest BCUT2D eigenvalue weighted by Gasteiger charge is -2.41. The molecule has 0 radical (unpaired) electrons. The lowest BCUT2D eigenvalue weighted by molar-refractivity contribution is 0.253. The highest BCUT2D eigenvalue weighted by Crippen LogP contribution is 2.43. The average molecular weight is 266 g/mol. The van der Waals surface area contributed by atoms with E-state index in [4.69, 9.17) is 5.73 Å². The third kappa shape index (κ3) is 2.20. The number of nitrogens with two attached hydrogens (primary N) is 1. The third-order valence-electron chi connectivity index (χ3n) is 4.66. The topological polar surface area (TPSA) is 38.0 Å². The molecule has 0 spiro atoms. The third-order valence-corrected chi connectivity index (χ3v) is 4.66. The van der Waals surface area contributed by atoms with Crippen LogP contribution in [0.15, 0.2) is 48.5 Å². The SMILES string of the molecule is CNc1cccc(-c2cccc(C3(CN)CCC3)c2)c1. The lowest BCUT2D eigenvalue weighted by Crippen LogP contribution is -2.41. The fraction of sp³-hybridized carbons (Fsp3) is 0.333. The van der Waals surface area contributed by atoms with Crippen LogP contribution in [0.1, 0.15) is 24.8 Å². The first-order valence-corrected chi connectivity index (χ1v) is 7.36. The van der Waals surface area contributed by atoms with Crippen LogP contribution < -0.4 is 11.1 Å². The van der Waals surface area contributed by atoms with Crippen LogP contribution in [0, 0.1) is 0 Å². The summed E-state index contributed by atoms with van der Waals surface area (Å²) in [7, 11) is 1.95. The van der Waals surface area contributed by atoms with E-state index in [1.54, 1.807) is 0 Å². The van der Waals surface area contributed by atoms with Crippen molar-refractivity contribution in [2.24, 2.45) is 5.73 Å². The average Bonchev–Trinajstić information content (AvgIpc) is 2.47. The Morgan fingerprint density at radius 1 is 1.05 bits per heavy atom. The zero-order valence-electron chi connectivity index (χ0n) is 12.0. The quantitative estimate of drug-likeness (QED) is 0.884. The van der Waals surface area contributed by atoms with Gasteiger partial charge in [0.05, 0.1) is 0 Å². The van der Waals surface area contributed by atoms with E-state index in [9.17, 15) is 0 Å².